The molecule has 0 aromatic rings. The molecule has 0 saturated heterocycles. The van der Waals surface area contributed by atoms with Crippen LogP contribution in [-0.2, 0) is 9.53 Å². The highest BCUT2D eigenvalue weighted by Gasteiger charge is 2.18. The molecule has 0 bridgehead atoms. The van der Waals surface area contributed by atoms with E-state index in [1.165, 1.54) is 0 Å². The zero-order valence-electron chi connectivity index (χ0n) is 6.55. The van der Waals surface area contributed by atoms with Crippen LogP contribution < -0.4 is 0 Å². The molecule has 0 heterocycles. The van der Waals surface area contributed by atoms with Crippen molar-refractivity contribution in [3.8, 4) is 6.57 Å². The van der Waals surface area contributed by atoms with Crippen molar-refractivity contribution in [2.75, 3.05) is 6.54 Å². The number of rotatable bonds is 1. The first-order valence-electron chi connectivity index (χ1n) is 3.04. The SMILES string of the molecule is C#[N+]CC(=O)OC(C)(C)C. The van der Waals surface area contributed by atoms with Crippen LogP contribution in [0.1, 0.15) is 20.8 Å². The van der Waals surface area contributed by atoms with E-state index in [9.17, 15) is 4.79 Å². The van der Waals surface area contributed by atoms with Crippen LogP contribution in [0.5, 0.6) is 0 Å². The Morgan fingerprint density at radius 3 is 2.40 bits per heavy atom. The summed E-state index contributed by atoms with van der Waals surface area (Å²) >= 11 is 0. The lowest BCUT2D eigenvalue weighted by molar-refractivity contribution is -0.152. The number of hydrogen-bond acceptors (Lipinski definition) is 2. The van der Waals surface area contributed by atoms with Crippen molar-refractivity contribution >= 4 is 5.97 Å². The lowest BCUT2D eigenvalue weighted by atomic mass is 10.2. The zero-order chi connectivity index (χ0) is 8.20. The van der Waals surface area contributed by atoms with Gasteiger partial charge >= 0.3 is 12.5 Å². The summed E-state index contributed by atoms with van der Waals surface area (Å²) in [6.07, 6.45) is 0. The first-order chi connectivity index (χ1) is 4.45. The van der Waals surface area contributed by atoms with Crippen LogP contribution in [-0.4, -0.2) is 18.1 Å². The van der Waals surface area contributed by atoms with Gasteiger partial charge in [0.25, 0.3) is 6.57 Å². The normalized spacial score (nSPS) is 10.2. The Morgan fingerprint density at radius 1 is 1.60 bits per heavy atom. The average molecular weight is 142 g/mol. The number of ether oxygens (including phenoxy) is 1. The summed E-state index contributed by atoms with van der Waals surface area (Å²) in [6.45, 7) is 10.1. The Hall–Kier alpha value is -1.04. The topological polar surface area (TPSA) is 30.7 Å². The second-order valence-electron chi connectivity index (χ2n) is 2.93. The van der Waals surface area contributed by atoms with Crippen molar-refractivity contribution in [1.82, 2.24) is 0 Å². The zero-order valence-corrected chi connectivity index (χ0v) is 6.55. The molecule has 0 aliphatic heterocycles. The number of carbonyl (C=O) groups is 1. The van der Waals surface area contributed by atoms with E-state index in [2.05, 4.69) is 4.85 Å². The van der Waals surface area contributed by atoms with Gasteiger partial charge in [-0.25, -0.2) is 4.79 Å². The van der Waals surface area contributed by atoms with Crippen LogP contribution in [0.15, 0.2) is 0 Å². The first kappa shape index (κ1) is 8.96. The van der Waals surface area contributed by atoms with Gasteiger partial charge in [-0.3, -0.25) is 0 Å². The van der Waals surface area contributed by atoms with E-state index in [0.29, 0.717) is 0 Å². The molecule has 0 amide bonds. The maximum Gasteiger partial charge on any atom is 0.392 e. The van der Waals surface area contributed by atoms with Crippen LogP contribution >= 0.6 is 0 Å². The largest absolute Gasteiger partial charge is 0.454 e. The van der Waals surface area contributed by atoms with Gasteiger partial charge in [-0.15, -0.1) is 0 Å². The van der Waals surface area contributed by atoms with Crippen molar-refractivity contribution < 1.29 is 9.53 Å². The molecule has 0 rings (SSSR count). The molecule has 0 spiro atoms. The minimum atomic E-state index is -0.443. The fraction of sp³-hybridized carbons (Fsp3) is 0.714. The van der Waals surface area contributed by atoms with Gasteiger partial charge in [0.15, 0.2) is 0 Å². The number of hydrogen-bond donors (Lipinski definition) is 0. The van der Waals surface area contributed by atoms with Gasteiger partial charge in [0.2, 0.25) is 0 Å². The molecule has 0 N–H and O–H groups in total. The van der Waals surface area contributed by atoms with Crippen molar-refractivity contribution in [2.45, 2.75) is 26.4 Å². The highest BCUT2D eigenvalue weighted by molar-refractivity contribution is 5.73. The van der Waals surface area contributed by atoms with E-state index in [1.807, 2.05) is 0 Å². The van der Waals surface area contributed by atoms with Gasteiger partial charge in [-0.1, -0.05) is 4.85 Å². The molecule has 0 unspecified atom stereocenters. The predicted molar refractivity (Wildman–Crippen MR) is 39.0 cm³/mol. The molecule has 10 heavy (non-hydrogen) atoms. The Balaban J connectivity index is 3.72. The quantitative estimate of drug-likeness (QED) is 0.516. The van der Waals surface area contributed by atoms with Gasteiger partial charge in [0, 0.05) is 0 Å². The lowest BCUT2D eigenvalue weighted by Gasteiger charge is -2.16. The van der Waals surface area contributed by atoms with Gasteiger partial charge in [0.1, 0.15) is 5.60 Å². The van der Waals surface area contributed by atoms with Crippen molar-refractivity contribution in [1.29, 1.82) is 0 Å². The molecule has 0 aliphatic carbocycles. The molecule has 0 aliphatic rings. The highest BCUT2D eigenvalue weighted by Crippen LogP contribution is 2.06. The molecule has 56 valence electrons. The van der Waals surface area contributed by atoms with Gasteiger partial charge < -0.3 is 4.74 Å². The number of nitrogens with zero attached hydrogens (tertiary/aromatic N) is 1. The lowest BCUT2D eigenvalue weighted by Crippen LogP contribution is -2.24. The van der Waals surface area contributed by atoms with E-state index >= 15 is 0 Å². The third-order valence-corrected chi connectivity index (χ3v) is 0.640. The molecule has 3 nitrogen and oxygen atoms in total. The molecule has 0 saturated carbocycles. The van der Waals surface area contributed by atoms with Crippen molar-refractivity contribution in [3.63, 3.8) is 0 Å². The summed E-state index contributed by atoms with van der Waals surface area (Å²) in [7, 11) is 0. The highest BCUT2D eigenvalue weighted by atomic mass is 16.6. The number of esters is 1. The van der Waals surface area contributed by atoms with Gasteiger partial charge in [0.05, 0.1) is 0 Å². The van der Waals surface area contributed by atoms with Crippen molar-refractivity contribution in [2.24, 2.45) is 0 Å². The van der Waals surface area contributed by atoms with E-state index in [-0.39, 0.29) is 6.54 Å². The maximum atomic E-state index is 10.7. The third-order valence-electron chi connectivity index (χ3n) is 0.640. The summed E-state index contributed by atoms with van der Waals surface area (Å²) in [5.74, 6) is -0.394. The summed E-state index contributed by atoms with van der Waals surface area (Å²) in [5.41, 5.74) is -0.443. The Bertz CT molecular complexity index is 161. The maximum absolute atomic E-state index is 10.7. The second-order valence-corrected chi connectivity index (χ2v) is 2.93. The van der Waals surface area contributed by atoms with Crippen LogP contribution in [0.2, 0.25) is 0 Å². The minimum absolute atomic E-state index is 0.0722. The summed E-state index contributed by atoms with van der Waals surface area (Å²) in [4.78, 5) is 13.8. The number of carbonyl (C=O) groups excluding carboxylic acids is 1. The molecular weight excluding hydrogens is 130 g/mol. The van der Waals surface area contributed by atoms with Crippen LogP contribution in [0.25, 0.3) is 4.85 Å². The van der Waals surface area contributed by atoms with E-state index in [0.717, 1.165) is 0 Å². The molecule has 0 atom stereocenters. The predicted octanol–water partition coefficient (Wildman–Crippen LogP) is 1.29. The summed E-state index contributed by atoms with van der Waals surface area (Å²) < 4.78 is 4.87. The van der Waals surface area contributed by atoms with E-state index in [4.69, 9.17) is 11.3 Å². The van der Waals surface area contributed by atoms with Gasteiger partial charge in [-0.2, -0.15) is 0 Å². The molecule has 0 aromatic carbocycles. The standard InChI is InChI=1S/C7H12NO2/c1-7(2,3)10-6(9)5-8-4/h4H,5H2,1-3H3/q+1. The van der Waals surface area contributed by atoms with Crippen LogP contribution in [0, 0.1) is 6.57 Å². The fourth-order valence-electron chi connectivity index (χ4n) is 0.448. The molecule has 0 fully saturated rings. The molecule has 3 heteroatoms. The van der Waals surface area contributed by atoms with Crippen LogP contribution in [0.4, 0.5) is 0 Å². The van der Waals surface area contributed by atoms with E-state index in [1.54, 1.807) is 20.8 Å². The third kappa shape index (κ3) is 5.10. The smallest absolute Gasteiger partial charge is 0.392 e. The fourth-order valence-corrected chi connectivity index (χ4v) is 0.448. The second kappa shape index (κ2) is 3.21. The monoisotopic (exact) mass is 142 g/mol. The van der Waals surface area contributed by atoms with Crippen molar-refractivity contribution in [3.05, 3.63) is 4.85 Å². The molecular formula is C7H12NO2+. The van der Waals surface area contributed by atoms with E-state index < -0.39 is 11.6 Å². The van der Waals surface area contributed by atoms with Gasteiger partial charge in [-0.05, 0) is 20.8 Å². The Morgan fingerprint density at radius 2 is 2.10 bits per heavy atom. The Kier molecular flexibility index (Phi) is 2.88. The average Bonchev–Trinajstić information content (AvgIpc) is 1.59. The first-order valence-corrected chi connectivity index (χ1v) is 3.04. The minimum Gasteiger partial charge on any atom is -0.454 e. The van der Waals surface area contributed by atoms with Crippen LogP contribution in [0.3, 0.4) is 0 Å². The molecule has 0 radical (unpaired) electrons. The summed E-state index contributed by atoms with van der Waals surface area (Å²) in [6, 6.07) is 0. The summed E-state index contributed by atoms with van der Waals surface area (Å²) in [5, 5.41) is 0. The Labute approximate surface area is 60.8 Å². The molecule has 0 aromatic heterocycles.